The first-order chi connectivity index (χ1) is 7.75. The van der Waals surface area contributed by atoms with Gasteiger partial charge in [-0.05, 0) is 11.8 Å². The fourth-order valence-corrected chi connectivity index (χ4v) is 1.55. The summed E-state index contributed by atoms with van der Waals surface area (Å²) in [5.41, 5.74) is 0. The molecule has 0 saturated heterocycles. The second-order valence-corrected chi connectivity index (χ2v) is 4.12. The molecule has 0 fully saturated rings. The number of ether oxygens (including phenoxy) is 1. The predicted octanol–water partition coefficient (Wildman–Crippen LogP) is 2.20. The van der Waals surface area contributed by atoms with Gasteiger partial charge in [-0.25, -0.2) is 9.68 Å². The monoisotopic (exact) mass is 248 g/mol. The van der Waals surface area contributed by atoms with Crippen molar-refractivity contribution in [1.82, 2.24) is 0 Å². The molecule has 1 N–H and O–H groups in total. The summed E-state index contributed by atoms with van der Waals surface area (Å²) in [6.07, 6.45) is -3.30. The lowest BCUT2D eigenvalue weighted by Gasteiger charge is -2.21. The molecule has 0 saturated carbocycles. The third-order valence-electron chi connectivity index (χ3n) is 2.07. The summed E-state index contributed by atoms with van der Waals surface area (Å²) >= 11 is 0. The molecule has 0 aromatic heterocycles. The average Bonchev–Trinajstić information content (AvgIpc) is 2.12. The number of carboxylic acid groups (broad SMARTS) is 1. The molecule has 0 aromatic rings. The fourth-order valence-electron chi connectivity index (χ4n) is 1.55. The van der Waals surface area contributed by atoms with Crippen molar-refractivity contribution in [2.45, 2.75) is 27.7 Å². The summed E-state index contributed by atoms with van der Waals surface area (Å²) in [6, 6.07) is 0. The van der Waals surface area contributed by atoms with Crippen molar-refractivity contribution in [3.8, 4) is 0 Å². The second-order valence-electron chi connectivity index (χ2n) is 4.12. The van der Waals surface area contributed by atoms with Crippen LogP contribution in [0.1, 0.15) is 27.7 Å². The summed E-state index contributed by atoms with van der Waals surface area (Å²) in [5.74, 6) is -1.28. The van der Waals surface area contributed by atoms with Crippen LogP contribution in [0, 0.1) is 17.8 Å². The SMILES string of the molecule is CC(C)C(C(=O)OC(=O)OOC(=O)O)C(C)C. The van der Waals surface area contributed by atoms with Crippen LogP contribution in [0.2, 0.25) is 0 Å². The minimum atomic E-state index is -1.81. The molecule has 0 spiro atoms. The molecule has 0 atom stereocenters. The Bertz CT molecular complexity index is 287. The first-order valence-electron chi connectivity index (χ1n) is 5.08. The fraction of sp³-hybridized carbons (Fsp3) is 0.700. The molecule has 0 rings (SSSR count). The average molecular weight is 248 g/mol. The van der Waals surface area contributed by atoms with Gasteiger partial charge in [0.15, 0.2) is 0 Å². The van der Waals surface area contributed by atoms with E-state index in [1.165, 1.54) is 0 Å². The van der Waals surface area contributed by atoms with Gasteiger partial charge in [0.25, 0.3) is 0 Å². The predicted molar refractivity (Wildman–Crippen MR) is 54.8 cm³/mol. The zero-order valence-corrected chi connectivity index (χ0v) is 10.1. The molecule has 0 aliphatic heterocycles. The maximum Gasteiger partial charge on any atom is 0.558 e. The van der Waals surface area contributed by atoms with E-state index in [1.807, 2.05) is 27.7 Å². The summed E-state index contributed by atoms with van der Waals surface area (Å²) in [4.78, 5) is 39.5. The van der Waals surface area contributed by atoms with Crippen molar-refractivity contribution in [1.29, 1.82) is 0 Å². The third-order valence-corrected chi connectivity index (χ3v) is 2.07. The van der Waals surface area contributed by atoms with Crippen molar-refractivity contribution < 1.29 is 34.0 Å². The van der Waals surface area contributed by atoms with Crippen LogP contribution < -0.4 is 0 Å². The van der Waals surface area contributed by atoms with Gasteiger partial charge in [0.2, 0.25) is 0 Å². The number of carbonyl (C=O) groups is 3. The molecule has 7 nitrogen and oxygen atoms in total. The zero-order valence-electron chi connectivity index (χ0n) is 10.1. The number of rotatable bonds is 3. The highest BCUT2D eigenvalue weighted by molar-refractivity contribution is 5.83. The molecule has 0 radical (unpaired) electrons. The van der Waals surface area contributed by atoms with Crippen LogP contribution >= 0.6 is 0 Å². The maximum absolute atomic E-state index is 11.6. The lowest BCUT2D eigenvalue weighted by Crippen LogP contribution is -2.29. The molecular formula is C10H16O7. The van der Waals surface area contributed by atoms with E-state index in [0.717, 1.165) is 0 Å². The first kappa shape index (κ1) is 15.2. The van der Waals surface area contributed by atoms with Crippen molar-refractivity contribution in [3.63, 3.8) is 0 Å². The lowest BCUT2D eigenvalue weighted by atomic mass is 9.86. The third kappa shape index (κ3) is 5.74. The highest BCUT2D eigenvalue weighted by atomic mass is 17.3. The number of carbonyl (C=O) groups excluding carboxylic acids is 2. The normalized spacial score (nSPS) is 10.5. The Labute approximate surface area is 98.6 Å². The van der Waals surface area contributed by atoms with E-state index in [4.69, 9.17) is 5.11 Å². The molecular weight excluding hydrogens is 232 g/mol. The molecule has 17 heavy (non-hydrogen) atoms. The van der Waals surface area contributed by atoms with Gasteiger partial charge in [0.1, 0.15) is 0 Å². The molecule has 0 aliphatic carbocycles. The van der Waals surface area contributed by atoms with Crippen LogP contribution in [0.25, 0.3) is 0 Å². The number of hydrogen-bond acceptors (Lipinski definition) is 6. The lowest BCUT2D eigenvalue weighted by molar-refractivity contribution is -0.215. The quantitative estimate of drug-likeness (QED) is 0.353. The van der Waals surface area contributed by atoms with Gasteiger partial charge in [-0.3, -0.25) is 4.79 Å². The molecule has 0 bridgehead atoms. The molecule has 0 heterocycles. The van der Waals surface area contributed by atoms with Crippen LogP contribution in [0.3, 0.4) is 0 Å². The van der Waals surface area contributed by atoms with Crippen molar-refractivity contribution in [3.05, 3.63) is 0 Å². The maximum atomic E-state index is 11.6. The van der Waals surface area contributed by atoms with E-state index in [1.54, 1.807) is 0 Å². The Kier molecular flexibility index (Phi) is 6.01. The van der Waals surface area contributed by atoms with Crippen LogP contribution in [0.4, 0.5) is 9.59 Å². The zero-order chi connectivity index (χ0) is 13.6. The van der Waals surface area contributed by atoms with Gasteiger partial charge >= 0.3 is 18.3 Å². The minimum Gasteiger partial charge on any atom is -0.447 e. The summed E-state index contributed by atoms with van der Waals surface area (Å²) in [6.45, 7) is 7.24. The molecule has 0 amide bonds. The van der Waals surface area contributed by atoms with Crippen molar-refractivity contribution in [2.24, 2.45) is 17.8 Å². The number of esters is 1. The van der Waals surface area contributed by atoms with Crippen molar-refractivity contribution >= 4 is 18.3 Å². The highest BCUT2D eigenvalue weighted by Crippen LogP contribution is 2.22. The van der Waals surface area contributed by atoms with Gasteiger partial charge < -0.3 is 9.84 Å². The van der Waals surface area contributed by atoms with Gasteiger partial charge in [0, 0.05) is 0 Å². The van der Waals surface area contributed by atoms with Crippen LogP contribution in [-0.4, -0.2) is 23.4 Å². The Morgan fingerprint density at radius 3 is 1.76 bits per heavy atom. The minimum absolute atomic E-state index is 0.0179. The van der Waals surface area contributed by atoms with E-state index in [9.17, 15) is 14.4 Å². The van der Waals surface area contributed by atoms with Crippen LogP contribution in [0.5, 0.6) is 0 Å². The summed E-state index contributed by atoms with van der Waals surface area (Å²) < 4.78 is 4.30. The molecule has 0 unspecified atom stereocenters. The molecule has 0 aliphatic rings. The highest BCUT2D eigenvalue weighted by Gasteiger charge is 2.29. The van der Waals surface area contributed by atoms with E-state index < -0.39 is 24.2 Å². The summed E-state index contributed by atoms with van der Waals surface area (Å²) in [5, 5.41) is 8.04. The van der Waals surface area contributed by atoms with E-state index >= 15 is 0 Å². The standard InChI is InChI=1S/C10H16O7/c1-5(2)7(6(3)4)8(11)15-10(14)17-16-9(12)13/h5-7H,1-4H3,(H,12,13). The van der Waals surface area contributed by atoms with E-state index in [0.29, 0.717) is 0 Å². The Morgan fingerprint density at radius 2 is 1.41 bits per heavy atom. The van der Waals surface area contributed by atoms with Gasteiger partial charge in [0.05, 0.1) is 5.92 Å². The van der Waals surface area contributed by atoms with Gasteiger partial charge in [-0.1, -0.05) is 27.7 Å². The first-order valence-corrected chi connectivity index (χ1v) is 5.08. The van der Waals surface area contributed by atoms with Gasteiger partial charge in [-0.2, -0.15) is 9.68 Å². The van der Waals surface area contributed by atoms with E-state index in [-0.39, 0.29) is 11.8 Å². The van der Waals surface area contributed by atoms with E-state index in [2.05, 4.69) is 14.5 Å². The molecule has 0 aromatic carbocycles. The largest absolute Gasteiger partial charge is 0.558 e. The summed E-state index contributed by atoms with van der Waals surface area (Å²) in [7, 11) is 0. The van der Waals surface area contributed by atoms with Crippen LogP contribution in [0.15, 0.2) is 0 Å². The van der Waals surface area contributed by atoms with Crippen LogP contribution in [-0.2, 0) is 19.3 Å². The molecule has 98 valence electrons. The second kappa shape index (κ2) is 6.72. The molecule has 7 heteroatoms. The Morgan fingerprint density at radius 1 is 0.941 bits per heavy atom. The van der Waals surface area contributed by atoms with Gasteiger partial charge in [-0.15, -0.1) is 0 Å². The Balaban J connectivity index is 4.31. The topological polar surface area (TPSA) is 99.1 Å². The van der Waals surface area contributed by atoms with Crippen molar-refractivity contribution in [2.75, 3.05) is 0 Å². The Hall–Kier alpha value is -1.79. The number of hydrogen-bond donors (Lipinski definition) is 1. The smallest absolute Gasteiger partial charge is 0.447 e.